The molecule has 0 aliphatic carbocycles. The number of hydrogen-bond donors (Lipinski definition) is 1. The predicted molar refractivity (Wildman–Crippen MR) is 111 cm³/mol. The Bertz CT molecular complexity index is 850. The van der Waals surface area contributed by atoms with E-state index in [2.05, 4.69) is 22.7 Å². The average Bonchev–Trinajstić information content (AvgIpc) is 2.70. The Labute approximate surface area is 155 Å². The Morgan fingerprint density at radius 2 is 1.27 bits per heavy atom. The van der Waals surface area contributed by atoms with E-state index in [0.717, 1.165) is 21.9 Å². The van der Waals surface area contributed by atoms with Crippen LogP contribution in [-0.4, -0.2) is 18.9 Å². The molecule has 3 nitrogen and oxygen atoms in total. The molecular formula is C22H23N2OP. The van der Waals surface area contributed by atoms with Crippen molar-refractivity contribution in [3.05, 3.63) is 96.6 Å². The van der Waals surface area contributed by atoms with E-state index in [4.69, 9.17) is 0 Å². The smallest absolute Gasteiger partial charge is 0.148 e. The van der Waals surface area contributed by atoms with Crippen molar-refractivity contribution in [2.75, 3.05) is 13.2 Å². The average molecular weight is 362 g/mol. The Hall–Kier alpha value is -2.64. The van der Waals surface area contributed by atoms with E-state index in [1.165, 1.54) is 0 Å². The fourth-order valence-corrected chi connectivity index (χ4v) is 5.71. The minimum absolute atomic E-state index is 0.413. The van der Waals surface area contributed by atoms with Crippen LogP contribution in [0.5, 0.6) is 0 Å². The fraction of sp³-hybridized carbons (Fsp3) is 0.136. The van der Waals surface area contributed by atoms with Crippen molar-refractivity contribution in [3.8, 4) is 0 Å². The van der Waals surface area contributed by atoms with Gasteiger partial charge in [-0.15, -0.1) is 0 Å². The lowest BCUT2D eigenvalue weighted by Gasteiger charge is -2.20. The molecule has 0 saturated carbocycles. The zero-order valence-corrected chi connectivity index (χ0v) is 15.8. The molecule has 3 aromatic rings. The molecule has 4 heteroatoms. The summed E-state index contributed by atoms with van der Waals surface area (Å²) < 4.78 is 14.2. The lowest BCUT2D eigenvalue weighted by atomic mass is 10.1. The number of hydrogen-bond acceptors (Lipinski definition) is 3. The largest absolute Gasteiger partial charge is 0.313 e. The van der Waals surface area contributed by atoms with Gasteiger partial charge >= 0.3 is 0 Å². The Morgan fingerprint density at radius 1 is 0.808 bits per heavy atom. The monoisotopic (exact) mass is 362 g/mol. The number of hydrazone groups is 1. The number of nitrogens with one attached hydrogen (secondary N) is 1. The standard InChI is InChI=1S/C22H23N2OP/c1-23-24-20(17-19-11-5-2-6-12-19)18-26(25,21-13-7-3-8-14-21)22-15-9-4-10-16-22/h2-16,23H,17-18H2,1H3/b24-20+. The maximum absolute atomic E-state index is 14.2. The van der Waals surface area contributed by atoms with Crippen molar-refractivity contribution < 1.29 is 4.57 Å². The summed E-state index contributed by atoms with van der Waals surface area (Å²) >= 11 is 0. The molecule has 0 fully saturated rings. The first-order valence-electron chi connectivity index (χ1n) is 8.69. The van der Waals surface area contributed by atoms with Crippen LogP contribution in [0, 0.1) is 0 Å². The normalized spacial score (nSPS) is 12.0. The molecule has 0 saturated heterocycles. The van der Waals surface area contributed by atoms with Gasteiger partial charge in [0.15, 0.2) is 0 Å². The maximum atomic E-state index is 14.2. The SMILES string of the molecule is CN/N=C(\Cc1ccccc1)CP(=O)(c1ccccc1)c1ccccc1. The molecule has 132 valence electrons. The van der Waals surface area contributed by atoms with E-state index in [0.29, 0.717) is 12.6 Å². The van der Waals surface area contributed by atoms with Crippen LogP contribution in [0.4, 0.5) is 0 Å². The van der Waals surface area contributed by atoms with Crippen molar-refractivity contribution in [2.24, 2.45) is 5.10 Å². The predicted octanol–water partition coefficient (Wildman–Crippen LogP) is 3.82. The summed E-state index contributed by atoms with van der Waals surface area (Å²) in [7, 11) is -1.04. The highest BCUT2D eigenvalue weighted by molar-refractivity contribution is 7.79. The van der Waals surface area contributed by atoms with Crippen LogP contribution in [0.1, 0.15) is 5.56 Å². The number of nitrogens with zero attached hydrogens (tertiary/aromatic N) is 1. The van der Waals surface area contributed by atoms with E-state index in [-0.39, 0.29) is 0 Å². The molecule has 3 rings (SSSR count). The fourth-order valence-electron chi connectivity index (χ4n) is 3.05. The van der Waals surface area contributed by atoms with Crippen molar-refractivity contribution in [1.29, 1.82) is 0 Å². The summed E-state index contributed by atoms with van der Waals surface area (Å²) in [4.78, 5) is 0. The van der Waals surface area contributed by atoms with Crippen LogP contribution in [-0.2, 0) is 11.0 Å². The first-order chi connectivity index (χ1) is 12.7. The van der Waals surface area contributed by atoms with Gasteiger partial charge in [-0.3, -0.25) is 0 Å². The molecule has 3 aromatic carbocycles. The molecule has 26 heavy (non-hydrogen) atoms. The number of benzene rings is 3. The highest BCUT2D eigenvalue weighted by Crippen LogP contribution is 2.43. The third-order valence-corrected chi connectivity index (χ3v) is 7.35. The molecule has 0 aliphatic heterocycles. The van der Waals surface area contributed by atoms with Gasteiger partial charge in [-0.05, 0) is 5.56 Å². The highest BCUT2D eigenvalue weighted by atomic mass is 31.2. The second-order valence-corrected chi connectivity index (χ2v) is 8.96. The Morgan fingerprint density at radius 3 is 1.73 bits per heavy atom. The van der Waals surface area contributed by atoms with Crippen LogP contribution >= 0.6 is 7.14 Å². The molecule has 0 aromatic heterocycles. The molecule has 0 radical (unpaired) electrons. The minimum atomic E-state index is -2.82. The van der Waals surface area contributed by atoms with E-state index < -0.39 is 7.14 Å². The Kier molecular flexibility index (Phi) is 6.04. The molecule has 0 aliphatic rings. The summed E-state index contributed by atoms with van der Waals surface area (Å²) in [5.74, 6) is 0. The van der Waals surface area contributed by atoms with Crippen LogP contribution in [0.25, 0.3) is 0 Å². The zero-order valence-electron chi connectivity index (χ0n) is 14.9. The van der Waals surface area contributed by atoms with E-state index in [1.54, 1.807) is 7.05 Å². The van der Waals surface area contributed by atoms with Crippen LogP contribution in [0.15, 0.2) is 96.1 Å². The van der Waals surface area contributed by atoms with Crippen molar-refractivity contribution in [2.45, 2.75) is 6.42 Å². The molecule has 1 N–H and O–H groups in total. The third kappa shape index (κ3) is 4.30. The van der Waals surface area contributed by atoms with E-state index in [1.807, 2.05) is 78.9 Å². The van der Waals surface area contributed by atoms with Gasteiger partial charge in [-0.2, -0.15) is 5.10 Å². The first-order valence-corrected chi connectivity index (χ1v) is 10.6. The minimum Gasteiger partial charge on any atom is -0.313 e. The van der Waals surface area contributed by atoms with Gasteiger partial charge in [0.05, 0.1) is 5.71 Å². The second kappa shape index (κ2) is 8.64. The highest BCUT2D eigenvalue weighted by Gasteiger charge is 2.29. The Balaban J connectivity index is 1.99. The van der Waals surface area contributed by atoms with Crippen LogP contribution < -0.4 is 16.0 Å². The van der Waals surface area contributed by atoms with Crippen LogP contribution in [0.3, 0.4) is 0 Å². The van der Waals surface area contributed by atoms with Crippen LogP contribution in [0.2, 0.25) is 0 Å². The third-order valence-electron chi connectivity index (χ3n) is 4.27. The summed E-state index contributed by atoms with van der Waals surface area (Å²) in [6.07, 6.45) is 1.09. The quantitative estimate of drug-likeness (QED) is 0.394. The van der Waals surface area contributed by atoms with Gasteiger partial charge < -0.3 is 9.99 Å². The summed E-state index contributed by atoms with van der Waals surface area (Å²) in [5.41, 5.74) is 4.93. The molecule has 0 amide bonds. The van der Waals surface area contributed by atoms with E-state index >= 15 is 0 Å². The summed E-state index contributed by atoms with van der Waals surface area (Å²) in [6.45, 7) is 0. The van der Waals surface area contributed by atoms with Crippen molar-refractivity contribution in [3.63, 3.8) is 0 Å². The van der Waals surface area contributed by atoms with Gasteiger partial charge in [0, 0.05) is 30.2 Å². The molecule has 0 bridgehead atoms. The van der Waals surface area contributed by atoms with Gasteiger partial charge in [-0.1, -0.05) is 91.0 Å². The van der Waals surface area contributed by atoms with Gasteiger partial charge in [0.1, 0.15) is 7.14 Å². The zero-order chi connectivity index (χ0) is 18.2. The second-order valence-electron chi connectivity index (χ2n) is 6.13. The van der Waals surface area contributed by atoms with Crippen molar-refractivity contribution in [1.82, 2.24) is 5.43 Å². The van der Waals surface area contributed by atoms with Gasteiger partial charge in [0.25, 0.3) is 0 Å². The topological polar surface area (TPSA) is 41.5 Å². The van der Waals surface area contributed by atoms with Gasteiger partial charge in [-0.25, -0.2) is 0 Å². The summed E-state index contributed by atoms with van der Waals surface area (Å²) in [5, 5.41) is 6.18. The molecule has 0 heterocycles. The maximum Gasteiger partial charge on any atom is 0.148 e. The summed E-state index contributed by atoms with van der Waals surface area (Å²) in [6, 6.07) is 29.6. The van der Waals surface area contributed by atoms with Crippen molar-refractivity contribution >= 4 is 23.5 Å². The molecular weight excluding hydrogens is 339 g/mol. The lowest BCUT2D eigenvalue weighted by Crippen LogP contribution is -2.24. The molecule has 0 atom stereocenters. The first kappa shape index (κ1) is 18.2. The molecule has 0 spiro atoms. The van der Waals surface area contributed by atoms with Gasteiger partial charge in [0.2, 0.25) is 0 Å². The van der Waals surface area contributed by atoms with E-state index in [9.17, 15) is 4.57 Å². The molecule has 0 unspecified atom stereocenters. The lowest BCUT2D eigenvalue weighted by molar-refractivity contribution is 0.589. The number of rotatable bonds is 7.